The van der Waals surface area contributed by atoms with Crippen LogP contribution in [0.15, 0.2) is 48.1 Å². The number of esters is 1. The number of aliphatic hydroxyl groups is 1. The van der Waals surface area contributed by atoms with Crippen molar-refractivity contribution in [3.05, 3.63) is 53.6 Å². The van der Waals surface area contributed by atoms with Gasteiger partial charge in [-0.3, -0.25) is 0 Å². The first kappa shape index (κ1) is 16.5. The fraction of sp³-hybridized carbons (Fsp3) is 0.421. The summed E-state index contributed by atoms with van der Waals surface area (Å²) in [7, 11) is 0. The second kappa shape index (κ2) is 7.41. The fourth-order valence-corrected chi connectivity index (χ4v) is 2.64. The Kier molecular flexibility index (Phi) is 5.56. The predicted molar refractivity (Wildman–Crippen MR) is 88.2 cm³/mol. The van der Waals surface area contributed by atoms with E-state index in [9.17, 15) is 9.90 Å². The van der Waals surface area contributed by atoms with Gasteiger partial charge < -0.3 is 9.84 Å². The molecule has 1 aliphatic rings. The van der Waals surface area contributed by atoms with Gasteiger partial charge >= 0.3 is 5.97 Å². The number of rotatable bonds is 5. The largest absolute Gasteiger partial charge is 0.459 e. The summed E-state index contributed by atoms with van der Waals surface area (Å²) in [4.78, 5) is 11.8. The Morgan fingerprint density at radius 3 is 2.77 bits per heavy atom. The Bertz CT molecular complexity index is 555. The van der Waals surface area contributed by atoms with Gasteiger partial charge in [0.05, 0.1) is 5.60 Å². The van der Waals surface area contributed by atoms with Crippen LogP contribution in [0.25, 0.3) is 6.08 Å². The minimum atomic E-state index is -0.979. The molecule has 0 saturated heterocycles. The Hall–Kier alpha value is -1.87. The summed E-state index contributed by atoms with van der Waals surface area (Å²) in [6, 6.07) is 9.57. The molecular weight excluding hydrogens is 276 g/mol. The third kappa shape index (κ3) is 4.85. The summed E-state index contributed by atoms with van der Waals surface area (Å²) >= 11 is 0. The van der Waals surface area contributed by atoms with Gasteiger partial charge in [-0.1, -0.05) is 42.0 Å². The van der Waals surface area contributed by atoms with Crippen LogP contribution in [0, 0.1) is 5.92 Å². The van der Waals surface area contributed by atoms with Gasteiger partial charge in [-0.25, -0.2) is 4.79 Å². The quantitative estimate of drug-likeness (QED) is 0.512. The van der Waals surface area contributed by atoms with Crippen LogP contribution in [0.2, 0.25) is 0 Å². The van der Waals surface area contributed by atoms with Crippen LogP contribution in [0.5, 0.6) is 0 Å². The summed E-state index contributed by atoms with van der Waals surface area (Å²) in [6.45, 7) is 3.89. The van der Waals surface area contributed by atoms with E-state index in [-0.39, 0.29) is 12.5 Å². The van der Waals surface area contributed by atoms with Gasteiger partial charge in [-0.05, 0) is 50.7 Å². The number of benzene rings is 1. The SMILES string of the molecule is CC1=CC[C@H]([C@@](C)(O)COC(=O)/C=C/c2ccccc2)CC1. The highest BCUT2D eigenvalue weighted by Crippen LogP contribution is 2.32. The first-order valence-electron chi connectivity index (χ1n) is 7.75. The molecule has 0 unspecified atom stereocenters. The molecule has 0 aliphatic heterocycles. The molecule has 2 atom stereocenters. The van der Waals surface area contributed by atoms with E-state index in [1.165, 1.54) is 11.6 Å². The lowest BCUT2D eigenvalue weighted by Crippen LogP contribution is -2.40. The van der Waals surface area contributed by atoms with Crippen LogP contribution >= 0.6 is 0 Å². The van der Waals surface area contributed by atoms with Gasteiger partial charge in [-0.2, -0.15) is 0 Å². The monoisotopic (exact) mass is 300 g/mol. The lowest BCUT2D eigenvalue weighted by atomic mass is 9.79. The van der Waals surface area contributed by atoms with Crippen LogP contribution in [0.3, 0.4) is 0 Å². The Balaban J connectivity index is 1.83. The third-order valence-corrected chi connectivity index (χ3v) is 4.24. The second-order valence-corrected chi connectivity index (χ2v) is 6.23. The highest BCUT2D eigenvalue weighted by molar-refractivity contribution is 5.87. The molecule has 0 aromatic heterocycles. The van der Waals surface area contributed by atoms with Crippen molar-refractivity contribution < 1.29 is 14.6 Å². The van der Waals surface area contributed by atoms with Crippen molar-refractivity contribution in [2.24, 2.45) is 5.92 Å². The highest BCUT2D eigenvalue weighted by Gasteiger charge is 2.33. The Morgan fingerprint density at radius 1 is 1.41 bits per heavy atom. The van der Waals surface area contributed by atoms with Crippen LogP contribution in [0.4, 0.5) is 0 Å². The van der Waals surface area contributed by atoms with Gasteiger partial charge in [0, 0.05) is 6.08 Å². The average molecular weight is 300 g/mol. The molecule has 0 fully saturated rings. The van der Waals surface area contributed by atoms with E-state index in [1.807, 2.05) is 30.3 Å². The molecule has 0 radical (unpaired) electrons. The van der Waals surface area contributed by atoms with Crippen molar-refractivity contribution in [1.82, 2.24) is 0 Å². The summed E-state index contributed by atoms with van der Waals surface area (Å²) < 4.78 is 5.21. The van der Waals surface area contributed by atoms with E-state index in [1.54, 1.807) is 13.0 Å². The van der Waals surface area contributed by atoms with Crippen molar-refractivity contribution in [2.75, 3.05) is 6.61 Å². The summed E-state index contributed by atoms with van der Waals surface area (Å²) in [6.07, 6.45) is 8.06. The minimum Gasteiger partial charge on any atom is -0.459 e. The third-order valence-electron chi connectivity index (χ3n) is 4.24. The first-order valence-corrected chi connectivity index (χ1v) is 7.75. The maximum Gasteiger partial charge on any atom is 0.330 e. The van der Waals surface area contributed by atoms with Gasteiger partial charge in [0.25, 0.3) is 0 Å². The molecule has 1 N–H and O–H groups in total. The molecule has 1 aromatic carbocycles. The lowest BCUT2D eigenvalue weighted by molar-refractivity contribution is -0.148. The summed E-state index contributed by atoms with van der Waals surface area (Å²) in [5.74, 6) is -0.284. The zero-order valence-electron chi connectivity index (χ0n) is 13.3. The highest BCUT2D eigenvalue weighted by atomic mass is 16.5. The average Bonchev–Trinajstić information content (AvgIpc) is 2.52. The number of ether oxygens (including phenoxy) is 1. The summed E-state index contributed by atoms with van der Waals surface area (Å²) in [5.41, 5.74) is 1.34. The minimum absolute atomic E-state index is 0.0303. The molecule has 0 heterocycles. The van der Waals surface area contributed by atoms with Crippen molar-refractivity contribution in [1.29, 1.82) is 0 Å². The number of allylic oxidation sites excluding steroid dienone is 2. The Morgan fingerprint density at radius 2 is 2.14 bits per heavy atom. The molecular formula is C19H24O3. The molecule has 1 aliphatic carbocycles. The van der Waals surface area contributed by atoms with Gasteiger partial charge in [0.1, 0.15) is 6.61 Å². The van der Waals surface area contributed by atoms with Crippen molar-refractivity contribution in [3.63, 3.8) is 0 Å². The molecule has 0 bridgehead atoms. The molecule has 3 nitrogen and oxygen atoms in total. The molecule has 22 heavy (non-hydrogen) atoms. The number of carbonyl (C=O) groups excluding carboxylic acids is 1. The molecule has 0 spiro atoms. The smallest absolute Gasteiger partial charge is 0.330 e. The van der Waals surface area contributed by atoms with E-state index in [2.05, 4.69) is 13.0 Å². The molecule has 3 heteroatoms. The van der Waals surface area contributed by atoms with Gasteiger partial charge in [-0.15, -0.1) is 0 Å². The van der Waals surface area contributed by atoms with Crippen molar-refractivity contribution in [2.45, 2.75) is 38.7 Å². The lowest BCUT2D eigenvalue weighted by Gasteiger charge is -2.34. The molecule has 0 saturated carbocycles. The maximum atomic E-state index is 11.8. The number of carbonyl (C=O) groups is 1. The van der Waals surface area contributed by atoms with Crippen molar-refractivity contribution >= 4 is 12.0 Å². The molecule has 118 valence electrons. The van der Waals surface area contributed by atoms with E-state index in [0.29, 0.717) is 0 Å². The maximum absolute atomic E-state index is 11.8. The number of hydrogen-bond acceptors (Lipinski definition) is 3. The van der Waals surface area contributed by atoms with E-state index in [0.717, 1.165) is 24.8 Å². The first-order chi connectivity index (χ1) is 10.5. The van der Waals surface area contributed by atoms with Gasteiger partial charge in [0.2, 0.25) is 0 Å². The zero-order valence-corrected chi connectivity index (χ0v) is 13.3. The molecule has 0 amide bonds. The molecule has 1 aromatic rings. The van der Waals surface area contributed by atoms with E-state index >= 15 is 0 Å². The Labute approximate surface area is 132 Å². The van der Waals surface area contributed by atoms with Crippen LogP contribution in [0.1, 0.15) is 38.7 Å². The van der Waals surface area contributed by atoms with Gasteiger partial charge in [0.15, 0.2) is 0 Å². The fourth-order valence-electron chi connectivity index (χ4n) is 2.64. The number of hydrogen-bond donors (Lipinski definition) is 1. The van der Waals surface area contributed by atoms with E-state index in [4.69, 9.17) is 4.74 Å². The topological polar surface area (TPSA) is 46.5 Å². The van der Waals surface area contributed by atoms with Crippen LogP contribution in [-0.2, 0) is 9.53 Å². The molecule has 2 rings (SSSR count). The normalized spacial score (nSPS) is 21.2. The van der Waals surface area contributed by atoms with Crippen molar-refractivity contribution in [3.8, 4) is 0 Å². The second-order valence-electron chi connectivity index (χ2n) is 6.23. The van der Waals surface area contributed by atoms with Crippen LogP contribution < -0.4 is 0 Å². The van der Waals surface area contributed by atoms with Crippen LogP contribution in [-0.4, -0.2) is 23.3 Å². The summed E-state index contributed by atoms with van der Waals surface area (Å²) in [5, 5.41) is 10.5. The predicted octanol–water partition coefficient (Wildman–Crippen LogP) is 3.74. The standard InChI is InChI=1S/C19H24O3/c1-15-8-11-17(12-9-15)19(2,21)14-22-18(20)13-10-16-6-4-3-5-7-16/h3-8,10,13,17,21H,9,11-12,14H2,1-2H3/b13-10+/t17-,19-/m0/s1. The van der Waals surface area contributed by atoms with E-state index < -0.39 is 11.6 Å². The zero-order chi connectivity index (χ0) is 16.0.